The Labute approximate surface area is 205 Å². The van der Waals surface area contributed by atoms with Crippen molar-refractivity contribution >= 4 is 22.6 Å². The summed E-state index contributed by atoms with van der Waals surface area (Å²) in [5, 5.41) is 17.8. The molecule has 4 rings (SSSR count). The van der Waals surface area contributed by atoms with Crippen molar-refractivity contribution in [2.45, 2.75) is 47.5 Å². The first-order valence-corrected chi connectivity index (χ1v) is 11.6. The summed E-state index contributed by atoms with van der Waals surface area (Å²) in [6.45, 7) is 12.0. The van der Waals surface area contributed by atoms with Gasteiger partial charge in [0.05, 0.1) is 11.7 Å². The van der Waals surface area contributed by atoms with E-state index >= 15 is 0 Å². The fourth-order valence-electron chi connectivity index (χ4n) is 4.21. The zero-order valence-corrected chi connectivity index (χ0v) is 20.9. The number of fused-ring (bicyclic) bond motifs is 1. The third kappa shape index (κ3) is 4.87. The quantitative estimate of drug-likeness (QED) is 0.395. The number of aryl methyl sites for hydroxylation is 4. The van der Waals surface area contributed by atoms with Crippen LogP contribution in [0.2, 0.25) is 0 Å². The number of nitriles is 1. The molecule has 7 heteroatoms. The molecule has 0 fully saturated rings. The molecule has 1 N–H and O–H groups in total. The van der Waals surface area contributed by atoms with Gasteiger partial charge in [0.1, 0.15) is 17.4 Å². The van der Waals surface area contributed by atoms with Gasteiger partial charge >= 0.3 is 0 Å². The Hall–Kier alpha value is -4.18. The highest BCUT2D eigenvalue weighted by Gasteiger charge is 2.18. The second-order valence-corrected chi connectivity index (χ2v) is 9.24. The van der Waals surface area contributed by atoms with Gasteiger partial charge in [-0.25, -0.2) is 4.98 Å². The number of nitrogens with one attached hydrogen (secondary N) is 1. The number of anilines is 1. The van der Waals surface area contributed by atoms with E-state index in [1.54, 1.807) is 0 Å². The Morgan fingerprint density at radius 2 is 1.86 bits per heavy atom. The molecule has 4 aromatic rings. The van der Waals surface area contributed by atoms with Crippen LogP contribution in [-0.4, -0.2) is 27.3 Å². The number of amides is 1. The maximum Gasteiger partial charge on any atom is 0.263 e. The van der Waals surface area contributed by atoms with E-state index in [4.69, 9.17) is 9.72 Å². The molecule has 1 amide bonds. The van der Waals surface area contributed by atoms with Gasteiger partial charge in [-0.1, -0.05) is 37.6 Å². The predicted octanol–water partition coefficient (Wildman–Crippen LogP) is 5.67. The molecule has 0 bridgehead atoms. The summed E-state index contributed by atoms with van der Waals surface area (Å²) in [6, 6.07) is 14.2. The number of rotatable bonds is 6. The molecule has 0 saturated carbocycles. The molecule has 2 aromatic heterocycles. The molecule has 35 heavy (non-hydrogen) atoms. The van der Waals surface area contributed by atoms with Crippen LogP contribution in [0.5, 0.6) is 5.75 Å². The number of nitrogens with zero attached hydrogens (tertiary/aromatic N) is 4. The predicted molar refractivity (Wildman–Crippen MR) is 137 cm³/mol. The smallest absolute Gasteiger partial charge is 0.263 e. The van der Waals surface area contributed by atoms with Crippen molar-refractivity contribution in [3.05, 3.63) is 76.0 Å². The number of aromatic nitrogens is 3. The monoisotopic (exact) mass is 467 g/mol. The van der Waals surface area contributed by atoms with Gasteiger partial charge in [-0.15, -0.1) is 0 Å². The van der Waals surface area contributed by atoms with Crippen LogP contribution in [0.4, 0.5) is 5.82 Å². The second-order valence-electron chi connectivity index (χ2n) is 9.24. The van der Waals surface area contributed by atoms with Crippen molar-refractivity contribution in [2.75, 3.05) is 11.9 Å². The van der Waals surface area contributed by atoms with Crippen LogP contribution in [0.1, 0.15) is 53.1 Å². The molecule has 7 nitrogen and oxygen atoms in total. The van der Waals surface area contributed by atoms with Gasteiger partial charge in [0, 0.05) is 5.39 Å². The van der Waals surface area contributed by atoms with Crippen LogP contribution in [0.15, 0.2) is 42.6 Å². The van der Waals surface area contributed by atoms with E-state index in [1.807, 2.05) is 45.0 Å². The number of carbonyl (C=O) groups excluding carboxylic acids is 1. The Morgan fingerprint density at radius 3 is 2.57 bits per heavy atom. The van der Waals surface area contributed by atoms with E-state index in [1.165, 1.54) is 16.4 Å². The number of hydrogen-bond acceptors (Lipinski definition) is 5. The van der Waals surface area contributed by atoms with Gasteiger partial charge in [-0.05, 0) is 74.1 Å². The minimum absolute atomic E-state index is 0.193. The van der Waals surface area contributed by atoms with Gasteiger partial charge < -0.3 is 10.1 Å². The minimum atomic E-state index is -0.385. The van der Waals surface area contributed by atoms with Crippen molar-refractivity contribution in [1.82, 2.24) is 14.8 Å². The summed E-state index contributed by atoms with van der Waals surface area (Å²) < 4.78 is 7.37. The molecule has 0 aliphatic carbocycles. The van der Waals surface area contributed by atoms with E-state index in [9.17, 15) is 10.1 Å². The number of hydrogen-bond donors (Lipinski definition) is 1. The van der Waals surface area contributed by atoms with Gasteiger partial charge in [-0.2, -0.15) is 15.0 Å². The molecule has 2 aromatic carbocycles. The molecule has 0 unspecified atom stereocenters. The van der Waals surface area contributed by atoms with Crippen molar-refractivity contribution in [3.8, 4) is 17.6 Å². The van der Waals surface area contributed by atoms with Gasteiger partial charge in [0.25, 0.3) is 5.91 Å². The largest absolute Gasteiger partial charge is 0.483 e. The van der Waals surface area contributed by atoms with E-state index in [0.717, 1.165) is 33.2 Å². The van der Waals surface area contributed by atoms with Gasteiger partial charge in [-0.3, -0.25) is 4.79 Å². The van der Waals surface area contributed by atoms with E-state index in [0.29, 0.717) is 11.6 Å². The lowest BCUT2D eigenvalue weighted by Crippen LogP contribution is -2.23. The van der Waals surface area contributed by atoms with Gasteiger partial charge in [0.15, 0.2) is 18.2 Å². The van der Waals surface area contributed by atoms with Crippen molar-refractivity contribution in [2.24, 2.45) is 0 Å². The molecule has 0 aliphatic rings. The lowest BCUT2D eigenvalue weighted by molar-refractivity contribution is -0.118. The summed E-state index contributed by atoms with van der Waals surface area (Å²) in [5.74, 6) is 1.35. The minimum Gasteiger partial charge on any atom is -0.483 e. The van der Waals surface area contributed by atoms with Crippen molar-refractivity contribution in [1.29, 1.82) is 5.26 Å². The summed E-state index contributed by atoms with van der Waals surface area (Å²) >= 11 is 0. The van der Waals surface area contributed by atoms with E-state index in [2.05, 4.69) is 49.4 Å². The standard InChI is InChI=1S/C28H29N5O2/c1-16(2)22-8-7-17(3)11-24(22)35-15-26(34)32-28-21(13-29)14-30-33(28)25-12-19(5)23-10-18(4)9-20(6)27(23)31-25/h7-12,14,16H,15H2,1-6H3,(H,32,34). The summed E-state index contributed by atoms with van der Waals surface area (Å²) in [7, 11) is 0. The van der Waals surface area contributed by atoms with Crippen molar-refractivity contribution in [3.63, 3.8) is 0 Å². The SMILES string of the molecule is Cc1ccc(C(C)C)c(OCC(=O)Nc2c(C#N)cnn2-c2cc(C)c3cc(C)cc(C)c3n2)c1. The van der Waals surface area contributed by atoms with Crippen LogP contribution in [-0.2, 0) is 4.79 Å². The number of ether oxygens (including phenoxy) is 1. The van der Waals surface area contributed by atoms with Crippen molar-refractivity contribution < 1.29 is 9.53 Å². The third-order valence-corrected chi connectivity index (χ3v) is 5.96. The third-order valence-electron chi connectivity index (χ3n) is 5.96. The second kappa shape index (κ2) is 9.59. The molecule has 0 spiro atoms. The molecule has 178 valence electrons. The number of pyridine rings is 1. The Balaban J connectivity index is 1.64. The highest BCUT2D eigenvalue weighted by molar-refractivity contribution is 5.93. The molecule has 0 radical (unpaired) electrons. The average molecular weight is 468 g/mol. The lowest BCUT2D eigenvalue weighted by atomic mass is 10.0. The van der Waals surface area contributed by atoms with Crippen LogP contribution < -0.4 is 10.1 Å². The summed E-state index contributed by atoms with van der Waals surface area (Å²) in [4.78, 5) is 17.7. The zero-order chi connectivity index (χ0) is 25.3. The normalized spacial score (nSPS) is 11.0. The zero-order valence-electron chi connectivity index (χ0n) is 20.9. The maximum absolute atomic E-state index is 12.9. The molecular formula is C28H29N5O2. The fraction of sp³-hybridized carbons (Fsp3) is 0.286. The molecule has 0 aliphatic heterocycles. The summed E-state index contributed by atoms with van der Waals surface area (Å²) in [6.07, 6.45) is 1.43. The topological polar surface area (TPSA) is 92.8 Å². The fourth-order valence-corrected chi connectivity index (χ4v) is 4.21. The molecular weight excluding hydrogens is 438 g/mol. The molecule has 2 heterocycles. The van der Waals surface area contributed by atoms with Crippen LogP contribution >= 0.6 is 0 Å². The van der Waals surface area contributed by atoms with Crippen LogP contribution in [0.25, 0.3) is 16.7 Å². The number of carbonyl (C=O) groups is 1. The molecule has 0 saturated heterocycles. The van der Waals surface area contributed by atoms with Crippen LogP contribution in [0, 0.1) is 39.0 Å². The average Bonchev–Trinajstić information content (AvgIpc) is 3.20. The Kier molecular flexibility index (Phi) is 6.57. The summed E-state index contributed by atoms with van der Waals surface area (Å²) in [5.41, 5.74) is 6.45. The maximum atomic E-state index is 12.9. The highest BCUT2D eigenvalue weighted by atomic mass is 16.5. The highest BCUT2D eigenvalue weighted by Crippen LogP contribution is 2.28. The first kappa shape index (κ1) is 24.0. The van der Waals surface area contributed by atoms with E-state index in [-0.39, 0.29) is 29.8 Å². The lowest BCUT2D eigenvalue weighted by Gasteiger charge is -2.15. The first-order valence-electron chi connectivity index (χ1n) is 11.6. The number of benzene rings is 2. The van der Waals surface area contributed by atoms with Crippen LogP contribution in [0.3, 0.4) is 0 Å². The van der Waals surface area contributed by atoms with Gasteiger partial charge in [0.2, 0.25) is 0 Å². The Bertz CT molecular complexity index is 1480. The first-order chi connectivity index (χ1) is 16.7. The van der Waals surface area contributed by atoms with E-state index < -0.39 is 0 Å². The molecule has 0 atom stereocenters. The Morgan fingerprint density at radius 1 is 1.09 bits per heavy atom.